The molecule has 1 aromatic heterocycles. The van der Waals surface area contributed by atoms with Gasteiger partial charge in [0.15, 0.2) is 0 Å². The van der Waals surface area contributed by atoms with E-state index >= 15 is 0 Å². The molecule has 0 aliphatic rings. The molecule has 21 heavy (non-hydrogen) atoms. The number of amides is 1. The Balaban J connectivity index is 2.16. The van der Waals surface area contributed by atoms with Gasteiger partial charge in [-0.1, -0.05) is 41.4 Å². The van der Waals surface area contributed by atoms with E-state index in [9.17, 15) is 14.9 Å². The van der Waals surface area contributed by atoms with Gasteiger partial charge in [0, 0.05) is 6.07 Å². The highest BCUT2D eigenvalue weighted by Crippen LogP contribution is 2.24. The van der Waals surface area contributed by atoms with Crippen molar-refractivity contribution < 1.29 is 9.72 Å². The number of aromatic nitrogens is 1. The molecular weight excluding hydrogens is 294 g/mol. The molecule has 1 heterocycles. The van der Waals surface area contributed by atoms with Gasteiger partial charge in [-0.2, -0.15) is 0 Å². The molecule has 0 fully saturated rings. The average molecular weight is 306 g/mol. The standard InChI is InChI=1S/C14H12ClN3O3/c1-9-3-2-4-10(7-9)8-13(19)17-14-11(18(20)21)5-6-12(15)16-14/h2-7H,8H2,1H3,(H,16,17,19). The van der Waals surface area contributed by atoms with Crippen LogP contribution in [-0.2, 0) is 11.2 Å². The molecule has 1 amide bonds. The van der Waals surface area contributed by atoms with Crippen molar-refractivity contribution in [2.24, 2.45) is 0 Å². The Bertz CT molecular complexity index is 704. The van der Waals surface area contributed by atoms with Crippen LogP contribution in [0.3, 0.4) is 0 Å². The highest BCUT2D eigenvalue weighted by Gasteiger charge is 2.18. The number of pyridine rings is 1. The fraction of sp³-hybridized carbons (Fsp3) is 0.143. The predicted octanol–water partition coefficient (Wildman–Crippen LogP) is 3.13. The SMILES string of the molecule is Cc1cccc(CC(=O)Nc2nc(Cl)ccc2[N+](=O)[O-])c1. The molecule has 1 N–H and O–H groups in total. The molecule has 108 valence electrons. The van der Waals surface area contributed by atoms with Gasteiger partial charge in [-0.25, -0.2) is 4.98 Å². The van der Waals surface area contributed by atoms with E-state index in [0.29, 0.717) is 0 Å². The molecular formula is C14H12ClN3O3. The lowest BCUT2D eigenvalue weighted by Gasteiger charge is -2.06. The smallest absolute Gasteiger partial charge is 0.305 e. The van der Waals surface area contributed by atoms with E-state index in [-0.39, 0.29) is 23.1 Å². The largest absolute Gasteiger partial charge is 0.311 e. The first-order valence-electron chi connectivity index (χ1n) is 6.12. The van der Waals surface area contributed by atoms with E-state index in [1.165, 1.54) is 12.1 Å². The van der Waals surface area contributed by atoms with Gasteiger partial charge in [-0.15, -0.1) is 0 Å². The zero-order chi connectivity index (χ0) is 15.4. The van der Waals surface area contributed by atoms with Crippen molar-refractivity contribution in [1.82, 2.24) is 4.98 Å². The molecule has 0 bridgehead atoms. The number of anilines is 1. The summed E-state index contributed by atoms with van der Waals surface area (Å²) in [4.78, 5) is 26.0. The summed E-state index contributed by atoms with van der Waals surface area (Å²) < 4.78 is 0. The van der Waals surface area contributed by atoms with E-state index in [4.69, 9.17) is 11.6 Å². The number of carbonyl (C=O) groups is 1. The Morgan fingerprint density at radius 2 is 2.14 bits per heavy atom. The molecule has 2 aromatic rings. The van der Waals surface area contributed by atoms with Crippen molar-refractivity contribution in [1.29, 1.82) is 0 Å². The number of benzene rings is 1. The van der Waals surface area contributed by atoms with Crippen molar-refractivity contribution in [3.8, 4) is 0 Å². The fourth-order valence-corrected chi connectivity index (χ4v) is 2.00. The lowest BCUT2D eigenvalue weighted by Crippen LogP contribution is -2.16. The quantitative estimate of drug-likeness (QED) is 0.534. The number of nitrogens with zero attached hydrogens (tertiary/aromatic N) is 2. The zero-order valence-electron chi connectivity index (χ0n) is 11.2. The molecule has 0 aliphatic carbocycles. The zero-order valence-corrected chi connectivity index (χ0v) is 11.9. The first kappa shape index (κ1) is 14.9. The summed E-state index contributed by atoms with van der Waals surface area (Å²) in [5.74, 6) is -0.538. The second-order valence-electron chi connectivity index (χ2n) is 4.47. The van der Waals surface area contributed by atoms with Crippen LogP contribution in [0.5, 0.6) is 0 Å². The van der Waals surface area contributed by atoms with Crippen LogP contribution in [0.4, 0.5) is 11.5 Å². The maximum atomic E-state index is 12.0. The summed E-state index contributed by atoms with van der Waals surface area (Å²) in [6.07, 6.45) is 0.104. The number of hydrogen-bond donors (Lipinski definition) is 1. The van der Waals surface area contributed by atoms with Gasteiger partial charge in [0.2, 0.25) is 11.7 Å². The maximum Gasteiger partial charge on any atom is 0.311 e. The minimum Gasteiger partial charge on any atom is -0.305 e. The van der Waals surface area contributed by atoms with Crippen LogP contribution in [0.2, 0.25) is 5.15 Å². The Kier molecular flexibility index (Phi) is 4.49. The highest BCUT2D eigenvalue weighted by molar-refractivity contribution is 6.29. The van der Waals surface area contributed by atoms with Gasteiger partial charge in [-0.05, 0) is 18.6 Å². The average Bonchev–Trinajstić information content (AvgIpc) is 2.38. The second-order valence-corrected chi connectivity index (χ2v) is 4.86. The minimum atomic E-state index is -0.619. The van der Waals surface area contributed by atoms with Crippen LogP contribution in [0.15, 0.2) is 36.4 Å². The summed E-state index contributed by atoms with van der Waals surface area (Å²) in [6.45, 7) is 1.92. The number of rotatable bonds is 4. The Morgan fingerprint density at radius 1 is 1.38 bits per heavy atom. The number of nitro groups is 1. The topological polar surface area (TPSA) is 85.1 Å². The lowest BCUT2D eigenvalue weighted by atomic mass is 10.1. The molecule has 0 atom stereocenters. The monoisotopic (exact) mass is 305 g/mol. The van der Waals surface area contributed by atoms with Gasteiger partial charge >= 0.3 is 5.69 Å². The van der Waals surface area contributed by atoms with Crippen LogP contribution in [0.25, 0.3) is 0 Å². The number of hydrogen-bond acceptors (Lipinski definition) is 4. The van der Waals surface area contributed by atoms with Crippen LogP contribution in [0.1, 0.15) is 11.1 Å². The molecule has 2 rings (SSSR count). The van der Waals surface area contributed by atoms with Crippen LogP contribution >= 0.6 is 11.6 Å². The fourth-order valence-electron chi connectivity index (χ4n) is 1.85. The molecule has 0 aliphatic heterocycles. The summed E-state index contributed by atoms with van der Waals surface area (Å²) >= 11 is 5.70. The molecule has 6 nitrogen and oxygen atoms in total. The number of carbonyl (C=O) groups excluding carboxylic acids is 1. The van der Waals surface area contributed by atoms with E-state index in [2.05, 4.69) is 10.3 Å². The van der Waals surface area contributed by atoms with E-state index in [1.54, 1.807) is 0 Å². The Labute approximate surface area is 125 Å². The van der Waals surface area contributed by atoms with E-state index < -0.39 is 10.8 Å². The molecule has 1 aromatic carbocycles. The van der Waals surface area contributed by atoms with Gasteiger partial charge in [0.25, 0.3) is 0 Å². The third kappa shape index (κ3) is 4.00. The third-order valence-electron chi connectivity index (χ3n) is 2.74. The van der Waals surface area contributed by atoms with Gasteiger partial charge in [0.05, 0.1) is 11.3 Å². The van der Waals surface area contributed by atoms with E-state index in [0.717, 1.165) is 11.1 Å². The van der Waals surface area contributed by atoms with Gasteiger partial charge in [-0.3, -0.25) is 14.9 Å². The number of aryl methyl sites for hydroxylation is 1. The van der Waals surface area contributed by atoms with E-state index in [1.807, 2.05) is 31.2 Å². The van der Waals surface area contributed by atoms with Gasteiger partial charge in [0.1, 0.15) is 5.15 Å². The van der Waals surface area contributed by atoms with Crippen LogP contribution in [-0.4, -0.2) is 15.8 Å². The highest BCUT2D eigenvalue weighted by atomic mass is 35.5. The molecule has 0 spiro atoms. The van der Waals surface area contributed by atoms with Crippen molar-refractivity contribution >= 4 is 29.0 Å². The molecule has 0 saturated heterocycles. The molecule has 7 heteroatoms. The van der Waals surface area contributed by atoms with Crippen molar-refractivity contribution in [2.75, 3.05) is 5.32 Å². The normalized spacial score (nSPS) is 10.2. The van der Waals surface area contributed by atoms with Crippen LogP contribution < -0.4 is 5.32 Å². The van der Waals surface area contributed by atoms with Crippen molar-refractivity contribution in [3.05, 3.63) is 62.8 Å². The first-order chi connectivity index (χ1) is 9.95. The number of halogens is 1. The molecule has 0 saturated carbocycles. The predicted molar refractivity (Wildman–Crippen MR) is 79.4 cm³/mol. The molecule has 0 unspecified atom stereocenters. The first-order valence-corrected chi connectivity index (χ1v) is 6.50. The third-order valence-corrected chi connectivity index (χ3v) is 2.95. The molecule has 0 radical (unpaired) electrons. The van der Waals surface area contributed by atoms with Gasteiger partial charge < -0.3 is 5.32 Å². The second kappa shape index (κ2) is 6.32. The van der Waals surface area contributed by atoms with Crippen molar-refractivity contribution in [3.63, 3.8) is 0 Å². The summed E-state index contributed by atoms with van der Waals surface area (Å²) in [5, 5.41) is 13.4. The summed E-state index contributed by atoms with van der Waals surface area (Å²) in [7, 11) is 0. The maximum absolute atomic E-state index is 12.0. The summed E-state index contributed by atoms with van der Waals surface area (Å²) in [5.41, 5.74) is 1.56. The number of nitrogens with one attached hydrogen (secondary N) is 1. The summed E-state index contributed by atoms with van der Waals surface area (Å²) in [6, 6.07) is 9.96. The van der Waals surface area contributed by atoms with Crippen LogP contribution in [0, 0.1) is 17.0 Å². The Morgan fingerprint density at radius 3 is 2.81 bits per heavy atom. The lowest BCUT2D eigenvalue weighted by molar-refractivity contribution is -0.384. The Hall–Kier alpha value is -2.47. The minimum absolute atomic E-state index is 0.0754. The van der Waals surface area contributed by atoms with Crippen molar-refractivity contribution in [2.45, 2.75) is 13.3 Å².